The van der Waals surface area contributed by atoms with Crippen molar-refractivity contribution >= 4 is 55.6 Å². The maximum Gasteiger partial charge on any atom is 0.135 e. The summed E-state index contributed by atoms with van der Waals surface area (Å²) in [6.45, 7) is 12.1. The zero-order valence-corrected chi connectivity index (χ0v) is 42.9. The Labute approximate surface area is 435 Å². The molecular formula is C64H51N6OPt-3. The van der Waals surface area contributed by atoms with Gasteiger partial charge in [0.25, 0.3) is 0 Å². The van der Waals surface area contributed by atoms with Crippen molar-refractivity contribution in [2.75, 3.05) is 9.80 Å². The Morgan fingerprint density at radius 2 is 1.26 bits per heavy atom. The molecule has 356 valence electrons. The molecule has 2 aliphatic heterocycles. The number of rotatable bonds is 8. The van der Waals surface area contributed by atoms with E-state index in [1.54, 1.807) is 0 Å². The minimum Gasteiger partial charge on any atom is -0.509 e. The second-order valence-electron chi connectivity index (χ2n) is 19.9. The van der Waals surface area contributed by atoms with Gasteiger partial charge in [-0.25, -0.2) is 9.97 Å². The van der Waals surface area contributed by atoms with Crippen LogP contribution in [0.1, 0.15) is 50.6 Å². The third kappa shape index (κ3) is 7.88. The number of hydrogen-bond donors (Lipinski definition) is 0. The van der Waals surface area contributed by atoms with Gasteiger partial charge in [0.2, 0.25) is 0 Å². The average Bonchev–Trinajstić information content (AvgIpc) is 4.07. The van der Waals surface area contributed by atoms with Crippen molar-refractivity contribution in [3.05, 3.63) is 218 Å². The molecule has 2 aliphatic rings. The Kier molecular flexibility index (Phi) is 11.4. The topological polar surface area (TPSA) is 51.4 Å². The van der Waals surface area contributed by atoms with Crippen LogP contribution in [0.15, 0.2) is 182 Å². The number of imidazole rings is 1. The summed E-state index contributed by atoms with van der Waals surface area (Å²) in [7, 11) is 0. The molecule has 72 heavy (non-hydrogen) atoms. The summed E-state index contributed by atoms with van der Waals surface area (Å²) in [4.78, 5) is 14.9. The van der Waals surface area contributed by atoms with Crippen LogP contribution in [0.5, 0.6) is 11.5 Å². The average molecular weight is 1120 g/mol. The molecule has 8 heteroatoms. The quantitative estimate of drug-likeness (QED) is 0.142. The van der Waals surface area contributed by atoms with Crippen LogP contribution in [-0.4, -0.2) is 19.1 Å². The number of fused-ring (bicyclic) bond motifs is 7. The van der Waals surface area contributed by atoms with Crippen molar-refractivity contribution < 1.29 is 25.8 Å². The minimum absolute atomic E-state index is 0. The number of benzene rings is 8. The Morgan fingerprint density at radius 3 is 1.96 bits per heavy atom. The van der Waals surface area contributed by atoms with E-state index in [4.69, 9.17) is 14.7 Å². The van der Waals surface area contributed by atoms with Gasteiger partial charge in [-0.05, 0) is 82.6 Å². The number of aryl methyl sites for hydroxylation is 3. The van der Waals surface area contributed by atoms with Gasteiger partial charge in [0.05, 0.1) is 11.0 Å². The van der Waals surface area contributed by atoms with Gasteiger partial charge in [-0.1, -0.05) is 148 Å². The Morgan fingerprint density at radius 1 is 0.597 bits per heavy atom. The second kappa shape index (κ2) is 18.1. The van der Waals surface area contributed by atoms with Gasteiger partial charge in [-0.3, -0.25) is 0 Å². The molecule has 0 spiro atoms. The monoisotopic (exact) mass is 1110 g/mol. The summed E-state index contributed by atoms with van der Waals surface area (Å²) in [5.41, 5.74) is 17.4. The molecule has 0 atom stereocenters. The number of nitrogens with zero attached hydrogens (tertiary/aromatic N) is 6. The van der Waals surface area contributed by atoms with Gasteiger partial charge >= 0.3 is 0 Å². The normalized spacial score (nSPS) is 13.4. The fourth-order valence-corrected chi connectivity index (χ4v) is 10.7. The van der Waals surface area contributed by atoms with Crippen molar-refractivity contribution in [3.63, 3.8) is 0 Å². The van der Waals surface area contributed by atoms with Crippen LogP contribution < -0.4 is 14.5 Å². The van der Waals surface area contributed by atoms with E-state index in [9.17, 15) is 0 Å². The SMILES string of the molecule is Cc1cc(-n2c3[c-]c(Oc4[c-]c(N5[CH-]N(c6c(-c7ccccc7)cccc6-c6ccccc6)c6cc7c(cc65)nc5n7CCCC5)ccc4)ccc3c3cc(C(C)(C)C)ccc32)ncc1-c1ccccc1.[Pt]. The van der Waals surface area contributed by atoms with Crippen molar-refractivity contribution in [2.45, 2.75) is 58.9 Å². The molecule has 0 unspecified atom stereocenters. The summed E-state index contributed by atoms with van der Waals surface area (Å²) in [5.74, 6) is 3.16. The van der Waals surface area contributed by atoms with E-state index in [1.165, 1.54) is 5.56 Å². The maximum atomic E-state index is 6.82. The predicted molar refractivity (Wildman–Crippen MR) is 290 cm³/mol. The molecule has 0 radical (unpaired) electrons. The smallest absolute Gasteiger partial charge is 0.135 e. The number of para-hydroxylation sites is 1. The van der Waals surface area contributed by atoms with Crippen LogP contribution in [0.25, 0.3) is 72.0 Å². The van der Waals surface area contributed by atoms with Gasteiger partial charge in [0, 0.05) is 91.0 Å². The molecule has 11 aromatic rings. The van der Waals surface area contributed by atoms with E-state index >= 15 is 0 Å². The van der Waals surface area contributed by atoms with Gasteiger partial charge in [0.15, 0.2) is 0 Å². The molecule has 0 N–H and O–H groups in total. The fourth-order valence-electron chi connectivity index (χ4n) is 10.7. The zero-order chi connectivity index (χ0) is 47.8. The largest absolute Gasteiger partial charge is 0.509 e. The third-order valence-corrected chi connectivity index (χ3v) is 14.3. The molecule has 0 aliphatic carbocycles. The zero-order valence-electron chi connectivity index (χ0n) is 40.6. The van der Waals surface area contributed by atoms with Crippen molar-refractivity contribution in [2.24, 2.45) is 0 Å². The van der Waals surface area contributed by atoms with Crippen LogP contribution in [0.4, 0.5) is 22.7 Å². The third-order valence-electron chi connectivity index (χ3n) is 14.3. The Balaban J connectivity index is 0.00000530. The van der Waals surface area contributed by atoms with Gasteiger partial charge < -0.3 is 23.7 Å². The summed E-state index contributed by atoms with van der Waals surface area (Å²) >= 11 is 0. The van der Waals surface area contributed by atoms with Crippen LogP contribution in [-0.2, 0) is 39.4 Å². The van der Waals surface area contributed by atoms with Gasteiger partial charge in [-0.2, -0.15) is 12.1 Å². The molecular weight excluding hydrogens is 1060 g/mol. The summed E-state index contributed by atoms with van der Waals surface area (Å²) in [6, 6.07) is 69.8. The molecule has 13 rings (SSSR count). The molecule has 0 bridgehead atoms. The molecule has 3 aromatic heterocycles. The first kappa shape index (κ1) is 45.4. The van der Waals surface area contributed by atoms with E-state index < -0.39 is 0 Å². The number of anilines is 4. The minimum atomic E-state index is -0.0216. The van der Waals surface area contributed by atoms with Crippen LogP contribution in [0.2, 0.25) is 0 Å². The standard InChI is InChI=1S/C64H51N6O.Pt/c1-42-34-62(65-40-54(42)45-22-12-7-13-23-45)70-56-32-29-46(64(2,3)4)35-53(56)52-31-30-49(37-57(52)70)71-48-25-16-24-47(36-48)68-41-69(60-39-58-55(38-59(60)68)66-61-28-14-15-33-67(58)61)63-50(43-18-8-5-9-19-43)26-17-27-51(63)44-20-10-6-11-21-44;/h5-13,16-27,29-32,34-35,38-41H,14-15,28,33H2,1-4H3;/q-3;. The first-order valence-electron chi connectivity index (χ1n) is 24.7. The Bertz CT molecular complexity index is 3780. The van der Waals surface area contributed by atoms with E-state index in [-0.39, 0.29) is 26.5 Å². The number of aromatic nitrogens is 4. The summed E-state index contributed by atoms with van der Waals surface area (Å²) in [5, 5.41) is 2.24. The van der Waals surface area contributed by atoms with E-state index in [1.807, 2.05) is 30.5 Å². The summed E-state index contributed by atoms with van der Waals surface area (Å²) < 4.78 is 11.5. The van der Waals surface area contributed by atoms with Gasteiger partial charge in [-0.15, -0.1) is 48.1 Å². The van der Waals surface area contributed by atoms with Crippen molar-refractivity contribution in [1.29, 1.82) is 0 Å². The predicted octanol–water partition coefficient (Wildman–Crippen LogP) is 16.3. The molecule has 0 saturated carbocycles. The van der Waals surface area contributed by atoms with Crippen LogP contribution in [0, 0.1) is 25.7 Å². The molecule has 0 saturated heterocycles. The van der Waals surface area contributed by atoms with E-state index in [0.717, 1.165) is 132 Å². The number of hydrogen-bond acceptors (Lipinski definition) is 5. The maximum absolute atomic E-state index is 6.82. The first-order valence-corrected chi connectivity index (χ1v) is 24.7. The van der Waals surface area contributed by atoms with Crippen molar-refractivity contribution in [3.8, 4) is 50.7 Å². The molecule has 8 aromatic carbocycles. The van der Waals surface area contributed by atoms with Crippen LogP contribution in [0.3, 0.4) is 0 Å². The molecule has 5 heterocycles. The Hall–Kier alpha value is -7.73. The second-order valence-corrected chi connectivity index (χ2v) is 19.9. The fraction of sp³-hybridized carbons (Fsp3) is 0.141. The molecule has 0 amide bonds. The van der Waals surface area contributed by atoms with E-state index in [2.05, 4.69) is 217 Å². The summed E-state index contributed by atoms with van der Waals surface area (Å²) in [6.07, 6.45) is 5.28. The van der Waals surface area contributed by atoms with Gasteiger partial charge in [0.1, 0.15) is 11.6 Å². The molecule has 0 fully saturated rings. The first-order chi connectivity index (χ1) is 34.7. The number of ether oxygens (including phenoxy) is 1. The molecule has 7 nitrogen and oxygen atoms in total. The van der Waals surface area contributed by atoms with Crippen LogP contribution >= 0.6 is 0 Å². The van der Waals surface area contributed by atoms with Crippen molar-refractivity contribution in [1.82, 2.24) is 19.1 Å². The van der Waals surface area contributed by atoms with E-state index in [0.29, 0.717) is 11.5 Å². The number of pyridine rings is 1.